The van der Waals surface area contributed by atoms with Crippen LogP contribution < -0.4 is 11.1 Å². The predicted octanol–water partition coefficient (Wildman–Crippen LogP) is 1.10. The molecule has 3 N–H and O–H groups in total. The van der Waals surface area contributed by atoms with Gasteiger partial charge in [-0.15, -0.1) is 10.2 Å². The van der Waals surface area contributed by atoms with Gasteiger partial charge in [0.25, 0.3) is 0 Å². The Morgan fingerprint density at radius 1 is 1.50 bits per heavy atom. The highest BCUT2D eigenvalue weighted by atomic mass is 15.4. The number of nitrogens with zero attached hydrogens (tertiary/aromatic N) is 5. The smallest absolute Gasteiger partial charge is 0.154 e. The van der Waals surface area contributed by atoms with E-state index in [9.17, 15) is 0 Å². The van der Waals surface area contributed by atoms with Crippen molar-refractivity contribution in [3.63, 3.8) is 0 Å². The first-order chi connectivity index (χ1) is 8.54. The van der Waals surface area contributed by atoms with Gasteiger partial charge in [-0.1, -0.05) is 0 Å². The summed E-state index contributed by atoms with van der Waals surface area (Å²) in [6.45, 7) is 6.72. The van der Waals surface area contributed by atoms with Crippen molar-refractivity contribution in [2.24, 2.45) is 7.05 Å². The standard InChI is InChI=1S/C11H19N7/c1-5-18-11(9(12)7(2)16-18)14-8(3)10-15-13-6-17(10)4/h6,8,14H,5,12H2,1-4H3. The molecule has 18 heavy (non-hydrogen) atoms. The van der Waals surface area contributed by atoms with Crippen molar-refractivity contribution in [3.8, 4) is 0 Å². The normalized spacial score (nSPS) is 12.7. The van der Waals surface area contributed by atoms with Crippen LogP contribution in [0.2, 0.25) is 0 Å². The van der Waals surface area contributed by atoms with E-state index in [1.54, 1.807) is 6.33 Å². The first-order valence-corrected chi connectivity index (χ1v) is 5.97. The van der Waals surface area contributed by atoms with Crippen LogP contribution in [0.15, 0.2) is 6.33 Å². The number of nitrogen functional groups attached to an aromatic ring is 1. The van der Waals surface area contributed by atoms with E-state index in [-0.39, 0.29) is 6.04 Å². The Kier molecular flexibility index (Phi) is 3.22. The second-order valence-electron chi connectivity index (χ2n) is 4.33. The average molecular weight is 249 g/mol. The van der Waals surface area contributed by atoms with Crippen LogP contribution in [0.4, 0.5) is 11.5 Å². The van der Waals surface area contributed by atoms with Gasteiger partial charge < -0.3 is 15.6 Å². The molecule has 0 saturated carbocycles. The van der Waals surface area contributed by atoms with Crippen LogP contribution in [0.25, 0.3) is 0 Å². The number of aryl methyl sites for hydroxylation is 3. The zero-order valence-electron chi connectivity index (χ0n) is 11.2. The number of nitrogens with two attached hydrogens (primary N) is 1. The number of hydrogen-bond donors (Lipinski definition) is 2. The summed E-state index contributed by atoms with van der Waals surface area (Å²) >= 11 is 0. The molecule has 0 aliphatic heterocycles. The van der Waals surface area contributed by atoms with Crippen molar-refractivity contribution < 1.29 is 0 Å². The SMILES string of the molecule is CCn1nc(C)c(N)c1NC(C)c1nncn1C. The van der Waals surface area contributed by atoms with Gasteiger partial charge in [-0.05, 0) is 20.8 Å². The Bertz CT molecular complexity index is 540. The van der Waals surface area contributed by atoms with Gasteiger partial charge >= 0.3 is 0 Å². The minimum atomic E-state index is 0.0150. The molecule has 0 saturated heterocycles. The number of rotatable bonds is 4. The minimum absolute atomic E-state index is 0.0150. The topological polar surface area (TPSA) is 86.6 Å². The molecule has 2 heterocycles. The number of aromatic nitrogens is 5. The molecule has 0 fully saturated rings. The molecule has 7 nitrogen and oxygen atoms in total. The predicted molar refractivity (Wildman–Crippen MR) is 70.1 cm³/mol. The van der Waals surface area contributed by atoms with Gasteiger partial charge in [0.2, 0.25) is 0 Å². The molecule has 0 aliphatic carbocycles. The molecule has 2 rings (SSSR count). The Labute approximate surface area is 106 Å². The van der Waals surface area contributed by atoms with E-state index in [0.29, 0.717) is 5.69 Å². The maximum Gasteiger partial charge on any atom is 0.154 e. The van der Waals surface area contributed by atoms with Crippen molar-refractivity contribution in [2.75, 3.05) is 11.1 Å². The van der Waals surface area contributed by atoms with E-state index >= 15 is 0 Å². The third kappa shape index (κ3) is 2.03. The van der Waals surface area contributed by atoms with Gasteiger partial charge in [-0.25, -0.2) is 4.68 Å². The summed E-state index contributed by atoms with van der Waals surface area (Å²) in [5, 5.41) is 15.7. The lowest BCUT2D eigenvalue weighted by atomic mass is 10.3. The van der Waals surface area contributed by atoms with E-state index in [2.05, 4.69) is 20.6 Å². The highest BCUT2D eigenvalue weighted by molar-refractivity contribution is 5.65. The van der Waals surface area contributed by atoms with Gasteiger partial charge in [-0.3, -0.25) is 0 Å². The summed E-state index contributed by atoms with van der Waals surface area (Å²) in [6.07, 6.45) is 1.68. The molecule has 0 radical (unpaired) electrons. The maximum absolute atomic E-state index is 6.03. The highest BCUT2D eigenvalue weighted by Gasteiger charge is 2.17. The van der Waals surface area contributed by atoms with Crippen molar-refractivity contribution in [1.82, 2.24) is 24.5 Å². The molecule has 1 atom stereocenters. The maximum atomic E-state index is 6.03. The molecule has 0 amide bonds. The van der Waals surface area contributed by atoms with E-state index in [1.807, 2.05) is 37.1 Å². The van der Waals surface area contributed by atoms with Crippen LogP contribution in [-0.2, 0) is 13.6 Å². The summed E-state index contributed by atoms with van der Waals surface area (Å²) in [5.74, 6) is 1.70. The fraction of sp³-hybridized carbons (Fsp3) is 0.545. The monoisotopic (exact) mass is 249 g/mol. The summed E-state index contributed by atoms with van der Waals surface area (Å²) in [5.41, 5.74) is 7.55. The second kappa shape index (κ2) is 4.67. The molecule has 0 bridgehead atoms. The molecule has 0 aliphatic rings. The average Bonchev–Trinajstić information content (AvgIpc) is 2.87. The number of anilines is 2. The molecule has 7 heteroatoms. The van der Waals surface area contributed by atoms with Gasteiger partial charge in [0, 0.05) is 13.6 Å². The largest absolute Gasteiger partial charge is 0.394 e. The summed E-state index contributed by atoms with van der Waals surface area (Å²) in [4.78, 5) is 0. The van der Waals surface area contributed by atoms with Crippen molar-refractivity contribution in [2.45, 2.75) is 33.4 Å². The lowest BCUT2D eigenvalue weighted by Gasteiger charge is -2.15. The van der Waals surface area contributed by atoms with Gasteiger partial charge in [0.05, 0.1) is 17.4 Å². The molecule has 1 unspecified atom stereocenters. The number of nitrogens with one attached hydrogen (secondary N) is 1. The lowest BCUT2D eigenvalue weighted by Crippen LogP contribution is -2.15. The minimum Gasteiger partial charge on any atom is -0.394 e. The van der Waals surface area contributed by atoms with E-state index < -0.39 is 0 Å². The fourth-order valence-corrected chi connectivity index (χ4v) is 1.93. The Balaban J connectivity index is 2.27. The fourth-order valence-electron chi connectivity index (χ4n) is 1.93. The first-order valence-electron chi connectivity index (χ1n) is 5.97. The van der Waals surface area contributed by atoms with E-state index in [1.165, 1.54) is 0 Å². The molecule has 2 aromatic heterocycles. The summed E-state index contributed by atoms with van der Waals surface area (Å²) in [7, 11) is 1.92. The van der Waals surface area contributed by atoms with Crippen LogP contribution in [0.3, 0.4) is 0 Å². The molecular formula is C11H19N7. The van der Waals surface area contributed by atoms with Gasteiger partial charge in [0.15, 0.2) is 5.82 Å². The molecule has 0 spiro atoms. The van der Waals surface area contributed by atoms with Crippen molar-refractivity contribution in [3.05, 3.63) is 17.8 Å². The van der Waals surface area contributed by atoms with Crippen LogP contribution in [0.5, 0.6) is 0 Å². The van der Waals surface area contributed by atoms with Crippen LogP contribution in [-0.4, -0.2) is 24.5 Å². The second-order valence-corrected chi connectivity index (χ2v) is 4.33. The molecular weight excluding hydrogens is 230 g/mol. The molecule has 2 aromatic rings. The van der Waals surface area contributed by atoms with Gasteiger partial charge in [0.1, 0.15) is 12.1 Å². The first kappa shape index (κ1) is 12.4. The Morgan fingerprint density at radius 2 is 2.22 bits per heavy atom. The van der Waals surface area contributed by atoms with Crippen LogP contribution in [0.1, 0.15) is 31.4 Å². The Morgan fingerprint density at radius 3 is 2.78 bits per heavy atom. The molecule has 98 valence electrons. The van der Waals surface area contributed by atoms with Crippen molar-refractivity contribution in [1.29, 1.82) is 0 Å². The van der Waals surface area contributed by atoms with Crippen LogP contribution >= 0.6 is 0 Å². The Hall–Kier alpha value is -2.05. The van der Waals surface area contributed by atoms with Crippen LogP contribution in [0, 0.1) is 6.92 Å². The lowest BCUT2D eigenvalue weighted by molar-refractivity contribution is 0.641. The number of hydrogen-bond acceptors (Lipinski definition) is 5. The summed E-state index contributed by atoms with van der Waals surface area (Å²) in [6, 6.07) is 0.0150. The van der Waals surface area contributed by atoms with E-state index in [4.69, 9.17) is 5.73 Å². The third-order valence-corrected chi connectivity index (χ3v) is 2.96. The van der Waals surface area contributed by atoms with Gasteiger partial charge in [-0.2, -0.15) is 5.10 Å². The zero-order chi connectivity index (χ0) is 13.3. The quantitative estimate of drug-likeness (QED) is 0.847. The molecule has 0 aromatic carbocycles. The summed E-state index contributed by atoms with van der Waals surface area (Å²) < 4.78 is 3.74. The zero-order valence-corrected chi connectivity index (χ0v) is 11.2. The third-order valence-electron chi connectivity index (χ3n) is 2.96. The van der Waals surface area contributed by atoms with E-state index in [0.717, 1.165) is 23.9 Å². The van der Waals surface area contributed by atoms with Crippen molar-refractivity contribution >= 4 is 11.5 Å². The highest BCUT2D eigenvalue weighted by Crippen LogP contribution is 2.25.